The smallest absolute Gasteiger partial charge is 0.254 e. The maximum atomic E-state index is 13.0. The molecular weight excluding hydrogens is 324 g/mol. The van der Waals surface area contributed by atoms with Gasteiger partial charge in [0.05, 0.1) is 31.9 Å². The fourth-order valence-corrected chi connectivity index (χ4v) is 3.81. The molecule has 0 saturated carbocycles. The van der Waals surface area contributed by atoms with Crippen LogP contribution in [-0.2, 0) is 16.5 Å². The summed E-state index contributed by atoms with van der Waals surface area (Å²) in [6.07, 6.45) is -1.29. The molecule has 0 bridgehead atoms. The van der Waals surface area contributed by atoms with E-state index in [4.69, 9.17) is 14.2 Å². The Kier molecular flexibility index (Phi) is 3.94. The number of benzene rings is 1. The lowest BCUT2D eigenvalue weighted by Crippen LogP contribution is -2.44. The SMILES string of the molecule is COc1ccc2c(c1)c(C(=O)N[C@@H]1CO[C@H]3[C@@H]1OC[C@H]3O)c(C)n2C. The number of amides is 1. The lowest BCUT2D eigenvalue weighted by atomic mass is 10.1. The topological polar surface area (TPSA) is 82.0 Å². The predicted molar refractivity (Wildman–Crippen MR) is 90.9 cm³/mol. The quantitative estimate of drug-likeness (QED) is 0.857. The average molecular weight is 346 g/mol. The fourth-order valence-electron chi connectivity index (χ4n) is 3.81. The lowest BCUT2D eigenvalue weighted by molar-refractivity contribution is 0.0178. The van der Waals surface area contributed by atoms with E-state index in [-0.39, 0.29) is 30.8 Å². The Morgan fingerprint density at radius 2 is 2.08 bits per heavy atom. The number of aliphatic hydroxyl groups is 1. The highest BCUT2D eigenvalue weighted by molar-refractivity contribution is 6.08. The van der Waals surface area contributed by atoms with Crippen LogP contribution in [0.3, 0.4) is 0 Å². The molecule has 0 radical (unpaired) electrons. The molecule has 1 amide bonds. The molecule has 4 atom stereocenters. The molecule has 2 saturated heterocycles. The number of nitrogens with zero attached hydrogens (tertiary/aromatic N) is 1. The van der Waals surface area contributed by atoms with Crippen LogP contribution in [0.4, 0.5) is 0 Å². The van der Waals surface area contributed by atoms with E-state index in [0.29, 0.717) is 17.9 Å². The van der Waals surface area contributed by atoms with Gasteiger partial charge in [-0.25, -0.2) is 0 Å². The van der Waals surface area contributed by atoms with Gasteiger partial charge in [0.15, 0.2) is 0 Å². The monoisotopic (exact) mass is 346 g/mol. The van der Waals surface area contributed by atoms with E-state index >= 15 is 0 Å². The molecule has 2 fully saturated rings. The van der Waals surface area contributed by atoms with E-state index in [1.54, 1.807) is 7.11 Å². The van der Waals surface area contributed by atoms with Crippen molar-refractivity contribution >= 4 is 16.8 Å². The van der Waals surface area contributed by atoms with Crippen LogP contribution in [-0.4, -0.2) is 60.3 Å². The second-order valence-corrected chi connectivity index (χ2v) is 6.65. The Hall–Kier alpha value is -2.09. The summed E-state index contributed by atoms with van der Waals surface area (Å²) in [5, 5.41) is 13.7. The number of nitrogens with one attached hydrogen (secondary N) is 1. The molecule has 0 spiro atoms. The molecule has 1 aromatic carbocycles. The zero-order valence-electron chi connectivity index (χ0n) is 14.5. The Labute approximate surface area is 145 Å². The minimum Gasteiger partial charge on any atom is -0.497 e. The fraction of sp³-hybridized carbons (Fsp3) is 0.500. The van der Waals surface area contributed by atoms with Gasteiger partial charge in [-0.05, 0) is 25.1 Å². The molecule has 4 rings (SSSR count). The normalized spacial score (nSPS) is 28.3. The molecule has 134 valence electrons. The minimum atomic E-state index is -0.629. The highest BCUT2D eigenvalue weighted by Gasteiger charge is 2.47. The molecule has 0 aliphatic carbocycles. The molecule has 2 aliphatic heterocycles. The number of rotatable bonds is 3. The van der Waals surface area contributed by atoms with E-state index in [1.807, 2.05) is 36.7 Å². The van der Waals surface area contributed by atoms with Gasteiger partial charge in [0.1, 0.15) is 24.1 Å². The first-order valence-corrected chi connectivity index (χ1v) is 8.36. The van der Waals surface area contributed by atoms with Crippen LogP contribution < -0.4 is 10.1 Å². The third kappa shape index (κ3) is 2.50. The number of fused-ring (bicyclic) bond motifs is 2. The van der Waals surface area contributed by atoms with Crippen molar-refractivity contribution in [3.63, 3.8) is 0 Å². The van der Waals surface area contributed by atoms with Crippen LogP contribution in [0.1, 0.15) is 16.1 Å². The molecule has 2 aromatic rings. The second-order valence-electron chi connectivity index (χ2n) is 6.65. The first kappa shape index (κ1) is 16.4. The van der Waals surface area contributed by atoms with E-state index < -0.39 is 6.10 Å². The average Bonchev–Trinajstić information content (AvgIpc) is 3.24. The summed E-state index contributed by atoms with van der Waals surface area (Å²) in [6.45, 7) is 2.50. The Bertz CT molecular complexity index is 830. The van der Waals surface area contributed by atoms with Gasteiger partial charge in [-0.3, -0.25) is 4.79 Å². The van der Waals surface area contributed by atoms with Gasteiger partial charge < -0.3 is 29.2 Å². The number of carbonyl (C=O) groups excluding carboxylic acids is 1. The van der Waals surface area contributed by atoms with Crippen molar-refractivity contribution in [3.05, 3.63) is 29.5 Å². The van der Waals surface area contributed by atoms with Crippen molar-refractivity contribution in [1.29, 1.82) is 0 Å². The lowest BCUT2D eigenvalue weighted by Gasteiger charge is -2.17. The van der Waals surface area contributed by atoms with Crippen molar-refractivity contribution in [3.8, 4) is 5.75 Å². The number of ether oxygens (including phenoxy) is 3. The van der Waals surface area contributed by atoms with Crippen molar-refractivity contribution in [2.24, 2.45) is 7.05 Å². The van der Waals surface area contributed by atoms with Gasteiger partial charge in [0.25, 0.3) is 5.91 Å². The first-order chi connectivity index (χ1) is 12.0. The standard InChI is InChI=1S/C18H22N2O5/c1-9-15(11-6-10(23-3)4-5-13(11)20(9)2)18(22)19-12-7-24-17-14(21)8-25-16(12)17/h4-6,12,14,16-17,21H,7-8H2,1-3H3,(H,19,22)/t12-,14-,16-,17-/m1/s1. The molecule has 25 heavy (non-hydrogen) atoms. The maximum Gasteiger partial charge on any atom is 0.254 e. The van der Waals surface area contributed by atoms with Crippen molar-refractivity contribution in [2.45, 2.75) is 31.3 Å². The molecule has 7 nitrogen and oxygen atoms in total. The summed E-state index contributed by atoms with van der Waals surface area (Å²) >= 11 is 0. The van der Waals surface area contributed by atoms with Crippen molar-refractivity contribution in [1.82, 2.24) is 9.88 Å². The predicted octanol–water partition coefficient (Wildman–Crippen LogP) is 0.752. The van der Waals surface area contributed by atoms with Gasteiger partial charge in [-0.1, -0.05) is 0 Å². The highest BCUT2D eigenvalue weighted by atomic mass is 16.6. The summed E-state index contributed by atoms with van der Waals surface area (Å²) in [5.41, 5.74) is 2.47. The van der Waals surface area contributed by atoms with Crippen molar-refractivity contribution in [2.75, 3.05) is 20.3 Å². The Balaban J connectivity index is 1.65. The molecule has 1 aromatic heterocycles. The zero-order chi connectivity index (χ0) is 17.7. The van der Waals surface area contributed by atoms with Gasteiger partial charge in [-0.2, -0.15) is 0 Å². The number of aromatic nitrogens is 1. The van der Waals surface area contributed by atoms with Gasteiger partial charge in [0, 0.05) is 23.6 Å². The van der Waals surface area contributed by atoms with Gasteiger partial charge in [0.2, 0.25) is 0 Å². The second kappa shape index (κ2) is 6.01. The maximum absolute atomic E-state index is 13.0. The molecule has 2 N–H and O–H groups in total. The van der Waals surface area contributed by atoms with Crippen LogP contribution in [0.2, 0.25) is 0 Å². The van der Waals surface area contributed by atoms with Crippen LogP contribution >= 0.6 is 0 Å². The molecular formula is C18H22N2O5. The summed E-state index contributed by atoms with van der Waals surface area (Å²) in [4.78, 5) is 13.0. The molecule has 0 unspecified atom stereocenters. The molecule has 7 heteroatoms. The largest absolute Gasteiger partial charge is 0.497 e. The third-order valence-corrected chi connectivity index (χ3v) is 5.27. The molecule has 2 aliphatic rings. The van der Waals surface area contributed by atoms with Crippen molar-refractivity contribution < 1.29 is 24.1 Å². The minimum absolute atomic E-state index is 0.171. The number of carbonyl (C=O) groups is 1. The number of aryl methyl sites for hydroxylation is 1. The number of methoxy groups -OCH3 is 1. The van der Waals surface area contributed by atoms with Crippen LogP contribution in [0.5, 0.6) is 5.75 Å². The number of hydrogen-bond donors (Lipinski definition) is 2. The van der Waals surface area contributed by atoms with E-state index in [2.05, 4.69) is 5.32 Å². The van der Waals surface area contributed by atoms with E-state index in [1.165, 1.54) is 0 Å². The Morgan fingerprint density at radius 1 is 1.32 bits per heavy atom. The van der Waals surface area contributed by atoms with Crippen LogP contribution in [0.15, 0.2) is 18.2 Å². The zero-order valence-corrected chi connectivity index (χ0v) is 14.5. The van der Waals surface area contributed by atoms with Crippen LogP contribution in [0.25, 0.3) is 10.9 Å². The van der Waals surface area contributed by atoms with E-state index in [0.717, 1.165) is 16.6 Å². The summed E-state index contributed by atoms with van der Waals surface area (Å²) in [6, 6.07) is 5.44. The van der Waals surface area contributed by atoms with E-state index in [9.17, 15) is 9.90 Å². The molecule has 3 heterocycles. The third-order valence-electron chi connectivity index (χ3n) is 5.27. The summed E-state index contributed by atoms with van der Waals surface area (Å²) in [5.74, 6) is 0.536. The summed E-state index contributed by atoms with van der Waals surface area (Å²) in [7, 11) is 3.54. The van der Waals surface area contributed by atoms with Crippen LogP contribution in [0, 0.1) is 6.92 Å². The highest BCUT2D eigenvalue weighted by Crippen LogP contribution is 2.30. The van der Waals surface area contributed by atoms with Gasteiger partial charge >= 0.3 is 0 Å². The summed E-state index contributed by atoms with van der Waals surface area (Å²) < 4.78 is 18.5. The van der Waals surface area contributed by atoms with Gasteiger partial charge in [-0.15, -0.1) is 0 Å². The number of aliphatic hydroxyl groups excluding tert-OH is 1. The number of hydrogen-bond acceptors (Lipinski definition) is 5. The first-order valence-electron chi connectivity index (χ1n) is 8.36. The Morgan fingerprint density at radius 3 is 2.84 bits per heavy atom.